The van der Waals surface area contributed by atoms with Crippen LogP contribution in [0.5, 0.6) is 0 Å². The molecule has 24 heteroatoms. The topological polar surface area (TPSA) is 0 Å². The van der Waals surface area contributed by atoms with Crippen molar-refractivity contribution in [2.45, 2.75) is 59.2 Å². The van der Waals surface area contributed by atoms with E-state index in [1.54, 1.807) is 0 Å². The molecular formula is C22H8Cl2F21P. The lowest BCUT2D eigenvalue weighted by Gasteiger charge is -2.45. The zero-order valence-electron chi connectivity index (χ0n) is 20.8. The van der Waals surface area contributed by atoms with E-state index in [0.29, 0.717) is 48.5 Å². The molecule has 2 aromatic carbocycles. The van der Waals surface area contributed by atoms with Crippen molar-refractivity contribution >= 4 is 41.7 Å². The van der Waals surface area contributed by atoms with Gasteiger partial charge in [-0.3, -0.25) is 0 Å². The molecule has 0 aliphatic heterocycles. The Morgan fingerprint density at radius 2 is 0.543 bits per heavy atom. The van der Waals surface area contributed by atoms with Gasteiger partial charge in [0.2, 0.25) is 0 Å². The van der Waals surface area contributed by atoms with Gasteiger partial charge in [0, 0.05) is 18.0 Å². The Bertz CT molecular complexity index is 1340. The second kappa shape index (κ2) is 11.6. The molecule has 0 saturated carbocycles. The Morgan fingerprint density at radius 3 is 0.783 bits per heavy atom. The molecule has 0 atom stereocenters. The number of hydrogen-bond acceptors (Lipinski definition) is 0. The zero-order chi connectivity index (χ0) is 36.5. The van der Waals surface area contributed by atoms with Gasteiger partial charge in [-0.1, -0.05) is 47.5 Å². The van der Waals surface area contributed by atoms with E-state index < -0.39 is 77.8 Å². The molecule has 0 heterocycles. The van der Waals surface area contributed by atoms with E-state index in [9.17, 15) is 83.4 Å². The summed E-state index contributed by atoms with van der Waals surface area (Å²) in [5.41, 5.74) is -6.84. The molecule has 262 valence electrons. The Labute approximate surface area is 252 Å². The van der Waals surface area contributed by atoms with Gasteiger partial charge in [0.1, 0.15) is 0 Å². The van der Waals surface area contributed by atoms with Gasteiger partial charge in [-0.2, -0.15) is 92.2 Å². The summed E-state index contributed by atoms with van der Waals surface area (Å²) in [5.74, 6) is -70.8. The van der Waals surface area contributed by atoms with Crippen LogP contribution >= 0.6 is 31.1 Å². The second-order valence-electron chi connectivity index (χ2n) is 8.92. The van der Waals surface area contributed by atoms with Crippen LogP contribution in [0.1, 0.15) is 0 Å². The first-order valence-corrected chi connectivity index (χ1v) is 13.0. The fraction of sp³-hybridized carbons (Fsp3) is 0.455. The van der Waals surface area contributed by atoms with Crippen LogP contribution in [0.4, 0.5) is 92.2 Å². The summed E-state index contributed by atoms with van der Waals surface area (Å²) in [6.07, 6.45) is -8.03. The molecule has 0 bridgehead atoms. The van der Waals surface area contributed by atoms with E-state index in [2.05, 4.69) is 0 Å². The summed E-state index contributed by atoms with van der Waals surface area (Å²) in [6.45, 7) is 0. The number of halogens is 23. The number of benzene rings is 2. The highest BCUT2D eigenvalue weighted by Crippen LogP contribution is 2.69. The zero-order valence-corrected chi connectivity index (χ0v) is 23.2. The number of rotatable bonds is 11. The molecule has 0 radical (unpaired) electrons. The molecule has 2 aromatic rings. The molecule has 0 amide bonds. The Balaban J connectivity index is 2.82. The summed E-state index contributed by atoms with van der Waals surface area (Å²) in [6, 6.07) is 4.02. The normalized spacial score (nSPS) is 15.5. The summed E-state index contributed by atoms with van der Waals surface area (Å²) in [7, 11) is -4.59. The van der Waals surface area contributed by atoms with Gasteiger partial charge in [0.15, 0.2) is 0 Å². The highest BCUT2D eigenvalue weighted by atomic mass is 35.5. The third kappa shape index (κ3) is 5.52. The predicted molar refractivity (Wildman–Crippen MR) is 120 cm³/mol. The van der Waals surface area contributed by atoms with E-state index in [1.807, 2.05) is 0 Å². The fourth-order valence-electron chi connectivity index (χ4n) is 3.34. The molecule has 0 N–H and O–H groups in total. The molecule has 0 aliphatic carbocycles. The molecular weight excluding hydrogens is 765 g/mol. The summed E-state index contributed by atoms with van der Waals surface area (Å²) < 4.78 is 291. The maximum atomic E-state index is 15.3. The van der Waals surface area contributed by atoms with Crippen LogP contribution < -0.4 is 10.6 Å². The van der Waals surface area contributed by atoms with Crippen molar-refractivity contribution in [1.82, 2.24) is 0 Å². The average molecular weight is 773 g/mol. The van der Waals surface area contributed by atoms with Crippen molar-refractivity contribution in [3.8, 4) is 0 Å². The summed E-state index contributed by atoms with van der Waals surface area (Å²) in [5, 5.41) is -3.14. The minimum Gasteiger partial charge on any atom is -0.194 e. The fourth-order valence-corrected chi connectivity index (χ4v) is 5.86. The molecule has 0 aliphatic rings. The van der Waals surface area contributed by atoms with Crippen LogP contribution in [0, 0.1) is 0 Å². The summed E-state index contributed by atoms with van der Waals surface area (Å²) in [4.78, 5) is 0. The molecule has 0 fully saturated rings. The quantitative estimate of drug-likeness (QED) is 0.158. The monoisotopic (exact) mass is 772 g/mol. The van der Waals surface area contributed by atoms with Crippen LogP contribution in [-0.4, -0.2) is 59.2 Å². The maximum Gasteiger partial charge on any atom is 0.460 e. The second-order valence-corrected chi connectivity index (χ2v) is 12.1. The van der Waals surface area contributed by atoms with E-state index in [4.69, 9.17) is 23.2 Å². The van der Waals surface area contributed by atoms with Gasteiger partial charge in [-0.15, -0.1) is 0 Å². The SMILES string of the molecule is FC(F)(F)C(F)(F)C(F)(F)C(F)(F)C(F)(F)C(F)(F)C(F)(F)C(F)(F)C(F)(F)C(F)(F)P(c1ccc(Cl)cc1)c1ccc(Cl)cc1. The molecule has 46 heavy (non-hydrogen) atoms. The smallest absolute Gasteiger partial charge is 0.194 e. The Kier molecular flexibility index (Phi) is 10.1. The standard InChI is InChI=1S/C22H8Cl2F21P/c23-9-1-5-11(6-2-9)46(12-7-3-10(24)4-8-12)22(44,45)20(39,40)18(35,36)16(31,32)14(27,28)13(25,26)15(29,30)17(33,34)19(37,38)21(41,42)43/h1-8H. The lowest BCUT2D eigenvalue weighted by molar-refractivity contribution is -0.472. The lowest BCUT2D eigenvalue weighted by atomic mass is 9.87. The van der Waals surface area contributed by atoms with Gasteiger partial charge in [-0.05, 0) is 34.9 Å². The van der Waals surface area contributed by atoms with Gasteiger partial charge < -0.3 is 0 Å². The van der Waals surface area contributed by atoms with Crippen molar-refractivity contribution in [2.75, 3.05) is 0 Å². The highest BCUT2D eigenvalue weighted by molar-refractivity contribution is 7.74. The third-order valence-corrected chi connectivity index (χ3v) is 8.92. The van der Waals surface area contributed by atoms with Crippen molar-refractivity contribution < 1.29 is 92.2 Å². The minimum absolute atomic E-state index is 0.363. The van der Waals surface area contributed by atoms with Gasteiger partial charge in [0.25, 0.3) is 0 Å². The van der Waals surface area contributed by atoms with Gasteiger partial charge >= 0.3 is 59.2 Å². The van der Waals surface area contributed by atoms with E-state index in [-0.39, 0.29) is 10.0 Å². The van der Waals surface area contributed by atoms with Crippen LogP contribution in [0.15, 0.2) is 48.5 Å². The number of alkyl halides is 21. The van der Waals surface area contributed by atoms with Crippen LogP contribution in [0.2, 0.25) is 10.0 Å². The molecule has 2 rings (SSSR count). The third-order valence-electron chi connectivity index (χ3n) is 5.94. The van der Waals surface area contributed by atoms with E-state index in [0.717, 1.165) is 0 Å². The largest absolute Gasteiger partial charge is 0.460 e. The first-order chi connectivity index (χ1) is 20.1. The molecule has 0 aromatic heterocycles. The first-order valence-electron chi connectivity index (χ1n) is 10.9. The first kappa shape index (κ1) is 40.2. The number of hydrogen-bond donors (Lipinski definition) is 0. The van der Waals surface area contributed by atoms with Gasteiger partial charge in [0.05, 0.1) is 0 Å². The molecule has 0 saturated heterocycles. The van der Waals surface area contributed by atoms with Crippen LogP contribution in [-0.2, 0) is 0 Å². The average Bonchev–Trinajstić information content (AvgIpc) is 2.89. The van der Waals surface area contributed by atoms with Crippen LogP contribution in [0.25, 0.3) is 0 Å². The van der Waals surface area contributed by atoms with E-state index in [1.165, 1.54) is 0 Å². The Hall–Kier alpha value is -2.02. The van der Waals surface area contributed by atoms with Crippen molar-refractivity contribution in [2.24, 2.45) is 0 Å². The van der Waals surface area contributed by atoms with E-state index >= 15 is 8.78 Å². The molecule has 0 spiro atoms. The summed E-state index contributed by atoms with van der Waals surface area (Å²) >= 11 is 11.0. The highest BCUT2D eigenvalue weighted by Gasteiger charge is 2.98. The van der Waals surface area contributed by atoms with Crippen molar-refractivity contribution in [3.63, 3.8) is 0 Å². The minimum atomic E-state index is -9.23. The van der Waals surface area contributed by atoms with Gasteiger partial charge in [-0.25, -0.2) is 0 Å². The Morgan fingerprint density at radius 1 is 0.326 bits per heavy atom. The maximum absolute atomic E-state index is 15.3. The molecule has 0 unspecified atom stereocenters. The molecule has 0 nitrogen and oxygen atoms in total. The van der Waals surface area contributed by atoms with Crippen molar-refractivity contribution in [3.05, 3.63) is 58.6 Å². The van der Waals surface area contributed by atoms with Crippen LogP contribution in [0.3, 0.4) is 0 Å². The van der Waals surface area contributed by atoms with Crippen molar-refractivity contribution in [1.29, 1.82) is 0 Å². The predicted octanol–water partition coefficient (Wildman–Crippen LogP) is 10.7. The lowest BCUT2D eigenvalue weighted by Crippen LogP contribution is -2.76.